The number of hydrogen-bond acceptors (Lipinski definition) is 9. The molecule has 0 atom stereocenters. The lowest BCUT2D eigenvalue weighted by molar-refractivity contribution is 0.169. The van der Waals surface area contributed by atoms with Crippen LogP contribution in [0.1, 0.15) is 24.3 Å². The zero-order valence-electron chi connectivity index (χ0n) is 14.6. The molecule has 0 spiro atoms. The van der Waals surface area contributed by atoms with Gasteiger partial charge in [-0.15, -0.1) is 10.2 Å². The summed E-state index contributed by atoms with van der Waals surface area (Å²) in [7, 11) is 0. The molecular formula is C17H18FN5O3S. The Morgan fingerprint density at radius 1 is 1.33 bits per heavy atom. The Morgan fingerprint density at radius 3 is 2.85 bits per heavy atom. The van der Waals surface area contributed by atoms with Gasteiger partial charge in [0.05, 0.1) is 0 Å². The van der Waals surface area contributed by atoms with Crippen LogP contribution in [0.3, 0.4) is 0 Å². The van der Waals surface area contributed by atoms with Crippen molar-refractivity contribution in [3.05, 3.63) is 35.5 Å². The van der Waals surface area contributed by atoms with Crippen molar-refractivity contribution < 1.29 is 18.8 Å². The van der Waals surface area contributed by atoms with Gasteiger partial charge in [0, 0.05) is 25.9 Å². The van der Waals surface area contributed by atoms with E-state index >= 15 is 0 Å². The van der Waals surface area contributed by atoms with E-state index in [2.05, 4.69) is 25.2 Å². The van der Waals surface area contributed by atoms with Gasteiger partial charge < -0.3 is 19.3 Å². The number of nitrogens with zero attached hydrogens (tertiary/aromatic N) is 5. The maximum atomic E-state index is 13.2. The number of aliphatic hydroxyl groups is 1. The SMILES string of the molecule is Cc1cc(F)ccc1OC1CCN(c2nnc(-c3noc(CO)n3)s2)CC1. The van der Waals surface area contributed by atoms with Gasteiger partial charge in [-0.3, -0.25) is 0 Å². The Morgan fingerprint density at radius 2 is 2.15 bits per heavy atom. The number of halogens is 1. The first-order valence-corrected chi connectivity index (χ1v) is 9.39. The van der Waals surface area contributed by atoms with Crippen molar-refractivity contribution in [1.82, 2.24) is 20.3 Å². The molecule has 0 saturated carbocycles. The molecule has 1 fully saturated rings. The Balaban J connectivity index is 1.36. The van der Waals surface area contributed by atoms with Crippen LogP contribution in [-0.2, 0) is 6.61 Å². The van der Waals surface area contributed by atoms with E-state index in [-0.39, 0.29) is 24.4 Å². The molecule has 0 amide bonds. The third-order valence-electron chi connectivity index (χ3n) is 4.35. The smallest absolute Gasteiger partial charge is 0.252 e. The molecule has 27 heavy (non-hydrogen) atoms. The van der Waals surface area contributed by atoms with Crippen molar-refractivity contribution in [1.29, 1.82) is 0 Å². The highest BCUT2D eigenvalue weighted by molar-refractivity contribution is 7.18. The van der Waals surface area contributed by atoms with Gasteiger partial charge in [-0.1, -0.05) is 16.5 Å². The van der Waals surface area contributed by atoms with Crippen LogP contribution >= 0.6 is 11.3 Å². The molecule has 1 N–H and O–H groups in total. The molecule has 1 aliphatic heterocycles. The minimum absolute atomic E-state index is 0.0853. The van der Waals surface area contributed by atoms with Gasteiger partial charge in [-0.25, -0.2) is 4.39 Å². The molecule has 3 aromatic rings. The van der Waals surface area contributed by atoms with Crippen molar-refractivity contribution in [3.63, 3.8) is 0 Å². The molecule has 3 heterocycles. The average molecular weight is 391 g/mol. The van der Waals surface area contributed by atoms with Crippen molar-refractivity contribution in [2.75, 3.05) is 18.0 Å². The van der Waals surface area contributed by atoms with Crippen LogP contribution in [0.2, 0.25) is 0 Å². The third kappa shape index (κ3) is 3.91. The lowest BCUT2D eigenvalue weighted by atomic mass is 10.1. The number of piperidine rings is 1. The van der Waals surface area contributed by atoms with Crippen LogP contribution in [0.4, 0.5) is 9.52 Å². The number of ether oxygens (including phenoxy) is 1. The summed E-state index contributed by atoms with van der Waals surface area (Å²) in [5.74, 6) is 0.947. The molecule has 2 aromatic heterocycles. The monoisotopic (exact) mass is 391 g/mol. The van der Waals surface area contributed by atoms with Gasteiger partial charge in [0.2, 0.25) is 11.0 Å². The van der Waals surface area contributed by atoms with Crippen LogP contribution < -0.4 is 9.64 Å². The maximum absolute atomic E-state index is 13.2. The van der Waals surface area contributed by atoms with E-state index in [1.54, 1.807) is 6.07 Å². The second-order valence-electron chi connectivity index (χ2n) is 6.27. The summed E-state index contributed by atoms with van der Waals surface area (Å²) in [6, 6.07) is 4.58. The summed E-state index contributed by atoms with van der Waals surface area (Å²) in [6.07, 6.45) is 1.76. The number of hydrogen-bond donors (Lipinski definition) is 1. The largest absolute Gasteiger partial charge is 0.490 e. The predicted molar refractivity (Wildman–Crippen MR) is 96.1 cm³/mol. The molecule has 1 aromatic carbocycles. The molecule has 142 valence electrons. The highest BCUT2D eigenvalue weighted by atomic mass is 32.1. The molecule has 1 saturated heterocycles. The van der Waals surface area contributed by atoms with E-state index in [1.807, 2.05) is 6.92 Å². The highest BCUT2D eigenvalue weighted by Gasteiger charge is 2.24. The third-order valence-corrected chi connectivity index (χ3v) is 5.33. The summed E-state index contributed by atoms with van der Waals surface area (Å²) in [6.45, 7) is 3.11. The van der Waals surface area contributed by atoms with E-state index < -0.39 is 0 Å². The molecule has 0 unspecified atom stereocenters. The molecule has 0 aliphatic carbocycles. The van der Waals surface area contributed by atoms with E-state index in [9.17, 15) is 4.39 Å². The highest BCUT2D eigenvalue weighted by Crippen LogP contribution is 2.30. The van der Waals surface area contributed by atoms with Crippen molar-refractivity contribution in [2.24, 2.45) is 0 Å². The minimum atomic E-state index is -0.306. The Bertz CT molecular complexity index is 923. The molecular weight excluding hydrogens is 373 g/mol. The normalized spacial score (nSPS) is 15.3. The molecule has 4 rings (SSSR count). The minimum Gasteiger partial charge on any atom is -0.490 e. The average Bonchev–Trinajstić information content (AvgIpc) is 3.33. The van der Waals surface area contributed by atoms with E-state index in [1.165, 1.54) is 23.5 Å². The van der Waals surface area contributed by atoms with Gasteiger partial charge in [0.15, 0.2) is 5.01 Å². The van der Waals surface area contributed by atoms with E-state index in [0.29, 0.717) is 10.8 Å². The van der Waals surface area contributed by atoms with Crippen LogP contribution in [0.15, 0.2) is 22.7 Å². The van der Waals surface area contributed by atoms with Crippen molar-refractivity contribution in [2.45, 2.75) is 32.5 Å². The first-order chi connectivity index (χ1) is 13.1. The van der Waals surface area contributed by atoms with E-state index in [0.717, 1.165) is 42.4 Å². The fourth-order valence-electron chi connectivity index (χ4n) is 2.93. The van der Waals surface area contributed by atoms with Crippen LogP contribution in [0.25, 0.3) is 10.8 Å². The second-order valence-corrected chi connectivity index (χ2v) is 7.23. The topological polar surface area (TPSA) is 97.4 Å². The van der Waals surface area contributed by atoms with Crippen molar-refractivity contribution in [3.8, 4) is 16.6 Å². The molecule has 10 heteroatoms. The Kier molecular flexibility index (Phi) is 4.99. The number of aromatic nitrogens is 4. The van der Waals surface area contributed by atoms with Crippen molar-refractivity contribution >= 4 is 16.5 Å². The summed E-state index contributed by atoms with van der Waals surface area (Å²) < 4.78 is 24.1. The van der Waals surface area contributed by atoms with Gasteiger partial charge in [-0.2, -0.15) is 4.98 Å². The van der Waals surface area contributed by atoms with E-state index in [4.69, 9.17) is 14.4 Å². The van der Waals surface area contributed by atoms with Crippen LogP contribution in [0.5, 0.6) is 5.75 Å². The molecule has 1 aliphatic rings. The summed E-state index contributed by atoms with van der Waals surface area (Å²) in [5.41, 5.74) is 0.800. The maximum Gasteiger partial charge on any atom is 0.252 e. The number of anilines is 1. The fourth-order valence-corrected chi connectivity index (χ4v) is 3.75. The summed E-state index contributed by atoms with van der Waals surface area (Å²) >= 11 is 1.38. The second kappa shape index (κ2) is 7.57. The number of aliphatic hydroxyl groups excluding tert-OH is 1. The standard InChI is InChI=1S/C17H18FN5O3S/c1-10-8-11(18)2-3-13(10)25-12-4-6-23(7-5-12)17-21-20-16(27-17)15-19-14(9-24)26-22-15/h2-3,8,12,24H,4-7,9H2,1H3. The summed E-state index contributed by atoms with van der Waals surface area (Å²) in [5, 5.41) is 22.4. The van der Waals surface area contributed by atoms with Gasteiger partial charge >= 0.3 is 0 Å². The fraction of sp³-hybridized carbons (Fsp3) is 0.412. The van der Waals surface area contributed by atoms with Gasteiger partial charge in [0.1, 0.15) is 24.3 Å². The first kappa shape index (κ1) is 17.8. The molecule has 0 bridgehead atoms. The summed E-state index contributed by atoms with van der Waals surface area (Å²) in [4.78, 5) is 6.19. The predicted octanol–water partition coefficient (Wildman–Crippen LogP) is 2.58. The number of rotatable bonds is 5. The van der Waals surface area contributed by atoms with Gasteiger partial charge in [0.25, 0.3) is 5.89 Å². The van der Waals surface area contributed by atoms with Crippen LogP contribution in [0, 0.1) is 12.7 Å². The molecule has 0 radical (unpaired) electrons. The Hall–Kier alpha value is -2.59. The first-order valence-electron chi connectivity index (χ1n) is 8.57. The van der Waals surface area contributed by atoms with Crippen LogP contribution in [-0.4, -0.2) is 44.6 Å². The van der Waals surface area contributed by atoms with Gasteiger partial charge in [-0.05, 0) is 30.7 Å². The molecule has 8 nitrogen and oxygen atoms in total. The lowest BCUT2D eigenvalue weighted by Crippen LogP contribution is -2.38. The zero-order valence-corrected chi connectivity index (χ0v) is 15.4. The number of aryl methyl sites for hydroxylation is 1. The number of benzene rings is 1. The zero-order chi connectivity index (χ0) is 18.8. The quantitative estimate of drug-likeness (QED) is 0.709. The lowest BCUT2D eigenvalue weighted by Gasteiger charge is -2.31. The Labute approximate surface area is 158 Å².